The summed E-state index contributed by atoms with van der Waals surface area (Å²) >= 11 is 1.82. The lowest BCUT2D eigenvalue weighted by atomic mass is 9.82. The van der Waals surface area contributed by atoms with Crippen LogP contribution in [-0.2, 0) is 5.41 Å². The summed E-state index contributed by atoms with van der Waals surface area (Å²) in [5.74, 6) is 2.01. The van der Waals surface area contributed by atoms with Crippen molar-refractivity contribution in [3.63, 3.8) is 0 Å². The van der Waals surface area contributed by atoms with Crippen molar-refractivity contribution in [1.82, 2.24) is 15.0 Å². The minimum atomic E-state index is -0.121. The van der Waals surface area contributed by atoms with Crippen LogP contribution in [0, 0.1) is 0 Å². The molecule has 0 amide bonds. The first-order valence-electron chi connectivity index (χ1n) is 19.8. The lowest BCUT2D eigenvalue weighted by Crippen LogP contribution is -2.15. The Balaban J connectivity index is 0.964. The van der Waals surface area contributed by atoms with Gasteiger partial charge < -0.3 is 0 Å². The van der Waals surface area contributed by atoms with E-state index in [9.17, 15) is 0 Å². The van der Waals surface area contributed by atoms with Gasteiger partial charge in [-0.1, -0.05) is 166 Å². The molecule has 1 aliphatic carbocycles. The van der Waals surface area contributed by atoms with Crippen molar-refractivity contribution < 1.29 is 0 Å². The molecular formula is C54H35N3S. The molecule has 272 valence electrons. The number of fused-ring (bicyclic) bond motifs is 12. The van der Waals surface area contributed by atoms with Crippen LogP contribution >= 0.6 is 11.3 Å². The first kappa shape index (κ1) is 33.2. The number of hydrogen-bond acceptors (Lipinski definition) is 4. The molecule has 9 aromatic carbocycles. The Bertz CT molecular complexity index is 3450. The van der Waals surface area contributed by atoms with Gasteiger partial charge >= 0.3 is 0 Å². The lowest BCUT2D eigenvalue weighted by molar-refractivity contribution is 0.660. The van der Waals surface area contributed by atoms with Crippen molar-refractivity contribution in [1.29, 1.82) is 0 Å². The molecule has 0 aliphatic heterocycles. The number of thiophene rings is 1. The highest BCUT2D eigenvalue weighted by atomic mass is 32.1. The molecule has 3 nitrogen and oxygen atoms in total. The summed E-state index contributed by atoms with van der Waals surface area (Å²) in [6.07, 6.45) is 0. The van der Waals surface area contributed by atoms with Gasteiger partial charge in [0.25, 0.3) is 0 Å². The maximum atomic E-state index is 5.18. The predicted octanol–water partition coefficient (Wildman–Crippen LogP) is 14.7. The van der Waals surface area contributed by atoms with Gasteiger partial charge in [0.2, 0.25) is 0 Å². The highest BCUT2D eigenvalue weighted by Gasteiger charge is 2.35. The summed E-state index contributed by atoms with van der Waals surface area (Å²) in [7, 11) is 0. The van der Waals surface area contributed by atoms with Gasteiger partial charge in [0.05, 0.1) is 0 Å². The molecule has 0 atom stereocenters. The van der Waals surface area contributed by atoms with E-state index in [1.54, 1.807) is 0 Å². The minimum absolute atomic E-state index is 0.121. The Morgan fingerprint density at radius 3 is 1.45 bits per heavy atom. The third-order valence-electron chi connectivity index (χ3n) is 12.3. The summed E-state index contributed by atoms with van der Waals surface area (Å²) < 4.78 is 2.47. The van der Waals surface area contributed by atoms with Gasteiger partial charge in [-0.05, 0) is 90.0 Å². The average molecular weight is 758 g/mol. The molecule has 1 aliphatic rings. The van der Waals surface area contributed by atoms with Crippen molar-refractivity contribution in [2.75, 3.05) is 0 Å². The third-order valence-corrected chi connectivity index (χ3v) is 13.4. The molecule has 0 unspecified atom stereocenters. The summed E-state index contributed by atoms with van der Waals surface area (Å²) in [5, 5.41) is 10.2. The molecule has 0 fully saturated rings. The first-order chi connectivity index (χ1) is 28.5. The van der Waals surface area contributed by atoms with E-state index >= 15 is 0 Å². The smallest absolute Gasteiger partial charge is 0.164 e. The van der Waals surface area contributed by atoms with E-state index in [0.717, 1.165) is 16.7 Å². The van der Waals surface area contributed by atoms with Crippen LogP contribution in [0.3, 0.4) is 0 Å². The summed E-state index contributed by atoms with van der Waals surface area (Å²) in [5.41, 5.74) is 10.5. The van der Waals surface area contributed by atoms with Crippen LogP contribution in [0.2, 0.25) is 0 Å². The molecule has 0 saturated carbocycles. The van der Waals surface area contributed by atoms with Gasteiger partial charge in [0.15, 0.2) is 17.5 Å². The zero-order chi connectivity index (χ0) is 38.5. The van der Waals surface area contributed by atoms with Crippen molar-refractivity contribution >= 4 is 63.8 Å². The second kappa shape index (κ2) is 12.5. The molecular weight excluding hydrogens is 723 g/mol. The zero-order valence-corrected chi connectivity index (χ0v) is 32.8. The molecule has 12 rings (SSSR count). The van der Waals surface area contributed by atoms with Crippen LogP contribution < -0.4 is 0 Å². The van der Waals surface area contributed by atoms with Gasteiger partial charge in [-0.15, -0.1) is 11.3 Å². The van der Waals surface area contributed by atoms with E-state index in [2.05, 4.69) is 172 Å². The van der Waals surface area contributed by atoms with Crippen LogP contribution in [0.4, 0.5) is 0 Å². The fraction of sp³-hybridized carbons (Fsp3) is 0.0556. The molecule has 58 heavy (non-hydrogen) atoms. The standard InChI is InChI=1S/C54H35N3S/c1-54(2)47-19-11-10-18-42(47)43-25-22-35(29-48(43)54)52-55-51(32-12-4-3-5-13-32)56-53(57-52)36-23-27-45-44-26-21-34(30-49(44)58-50(45)31-36)33-20-24-41-39-16-7-6-14-37(39)38-15-8-9-17-40(38)46(41)28-33/h3-31H,1-2H3. The summed E-state index contributed by atoms with van der Waals surface area (Å²) in [6, 6.07) is 63.7. The fourth-order valence-electron chi connectivity index (χ4n) is 9.38. The number of rotatable bonds is 4. The average Bonchev–Trinajstić information content (AvgIpc) is 3.76. The van der Waals surface area contributed by atoms with Crippen molar-refractivity contribution in [2.24, 2.45) is 0 Å². The largest absolute Gasteiger partial charge is 0.208 e. The maximum absolute atomic E-state index is 5.18. The topological polar surface area (TPSA) is 38.7 Å². The van der Waals surface area contributed by atoms with E-state index in [1.165, 1.54) is 85.9 Å². The van der Waals surface area contributed by atoms with Crippen molar-refractivity contribution in [2.45, 2.75) is 19.3 Å². The molecule has 0 bridgehead atoms. The first-order valence-corrected chi connectivity index (χ1v) is 20.7. The zero-order valence-electron chi connectivity index (χ0n) is 32.0. The van der Waals surface area contributed by atoms with E-state index in [-0.39, 0.29) is 5.41 Å². The summed E-state index contributed by atoms with van der Waals surface area (Å²) in [4.78, 5) is 15.4. The van der Waals surface area contributed by atoms with Crippen LogP contribution in [0.15, 0.2) is 176 Å². The van der Waals surface area contributed by atoms with E-state index in [1.807, 2.05) is 29.5 Å². The van der Waals surface area contributed by atoms with Gasteiger partial charge in [0.1, 0.15) is 0 Å². The maximum Gasteiger partial charge on any atom is 0.164 e. The van der Waals surface area contributed by atoms with Gasteiger partial charge in [0, 0.05) is 42.3 Å². The molecule has 0 N–H and O–H groups in total. The third kappa shape index (κ3) is 5.02. The molecule has 2 aromatic heterocycles. The van der Waals surface area contributed by atoms with Gasteiger partial charge in [-0.2, -0.15) is 0 Å². The normalized spacial score (nSPS) is 13.1. The molecule has 2 heterocycles. The van der Waals surface area contributed by atoms with Crippen LogP contribution in [0.1, 0.15) is 25.0 Å². The number of nitrogens with zero attached hydrogens (tertiary/aromatic N) is 3. The molecule has 11 aromatic rings. The molecule has 4 heteroatoms. The van der Waals surface area contributed by atoms with Gasteiger partial charge in [-0.25, -0.2) is 15.0 Å². The van der Waals surface area contributed by atoms with Crippen LogP contribution in [0.5, 0.6) is 0 Å². The Morgan fingerprint density at radius 1 is 0.328 bits per heavy atom. The molecule has 0 saturated heterocycles. The Kier molecular flexibility index (Phi) is 7.14. The fourth-order valence-corrected chi connectivity index (χ4v) is 10.6. The predicted molar refractivity (Wildman–Crippen MR) is 245 cm³/mol. The lowest BCUT2D eigenvalue weighted by Gasteiger charge is -2.21. The number of hydrogen-bond donors (Lipinski definition) is 0. The molecule has 0 radical (unpaired) electrons. The van der Waals surface area contributed by atoms with Crippen molar-refractivity contribution in [3.8, 4) is 56.4 Å². The van der Waals surface area contributed by atoms with Crippen LogP contribution in [0.25, 0.3) is 109 Å². The summed E-state index contributed by atoms with van der Waals surface area (Å²) in [6.45, 7) is 4.62. The quantitative estimate of drug-likeness (QED) is 0.168. The second-order valence-corrected chi connectivity index (χ2v) is 17.1. The highest BCUT2D eigenvalue weighted by molar-refractivity contribution is 7.25. The van der Waals surface area contributed by atoms with E-state index in [0.29, 0.717) is 17.5 Å². The van der Waals surface area contributed by atoms with Crippen molar-refractivity contribution in [3.05, 3.63) is 187 Å². The molecule has 0 spiro atoms. The minimum Gasteiger partial charge on any atom is -0.208 e. The highest BCUT2D eigenvalue weighted by Crippen LogP contribution is 2.49. The van der Waals surface area contributed by atoms with Gasteiger partial charge in [-0.3, -0.25) is 0 Å². The Morgan fingerprint density at radius 2 is 0.776 bits per heavy atom. The second-order valence-electron chi connectivity index (χ2n) is 16.0. The Labute approximate surface area is 340 Å². The Hall–Kier alpha value is -7.01. The van der Waals surface area contributed by atoms with Crippen LogP contribution in [-0.4, -0.2) is 15.0 Å². The van der Waals surface area contributed by atoms with E-state index in [4.69, 9.17) is 15.0 Å². The number of aromatic nitrogens is 3. The SMILES string of the molecule is CC1(C)c2ccccc2-c2ccc(-c3nc(-c4ccccc4)nc(-c4ccc5c(c4)sc4cc(-c6ccc7c8ccccc8c8ccccc8c7c6)ccc45)n3)cc21. The monoisotopic (exact) mass is 757 g/mol. The van der Waals surface area contributed by atoms with E-state index < -0.39 is 0 Å². The number of benzene rings is 9.